The zero-order valence-corrected chi connectivity index (χ0v) is 16.2. The zero-order chi connectivity index (χ0) is 18.6. The molecule has 9 heteroatoms. The SMILES string of the molecule is O=C(CSc1nnnn1C1CCCC1)Nc1ccc(Cl)cc1-n1cccc1. The third-order valence-electron chi connectivity index (χ3n) is 4.58. The number of hydrogen-bond donors (Lipinski definition) is 1. The van der Waals surface area contributed by atoms with Crippen LogP contribution in [0, 0.1) is 0 Å². The molecule has 2 heterocycles. The maximum absolute atomic E-state index is 12.5. The first kappa shape index (κ1) is 18.1. The number of carbonyl (C=O) groups is 1. The summed E-state index contributed by atoms with van der Waals surface area (Å²) in [6.45, 7) is 0. The number of hydrogen-bond acceptors (Lipinski definition) is 5. The molecule has 1 aliphatic rings. The number of carbonyl (C=O) groups excluding carboxylic acids is 1. The highest BCUT2D eigenvalue weighted by Crippen LogP contribution is 2.31. The topological polar surface area (TPSA) is 77.6 Å². The lowest BCUT2D eigenvalue weighted by Crippen LogP contribution is -2.16. The Hall–Kier alpha value is -2.32. The number of halogens is 1. The van der Waals surface area contributed by atoms with E-state index in [4.69, 9.17) is 11.6 Å². The number of thioether (sulfide) groups is 1. The first-order valence-electron chi connectivity index (χ1n) is 8.84. The van der Waals surface area contributed by atoms with Crippen LogP contribution in [0.1, 0.15) is 31.7 Å². The van der Waals surface area contributed by atoms with Crippen LogP contribution in [0.4, 0.5) is 5.69 Å². The van der Waals surface area contributed by atoms with Crippen molar-refractivity contribution in [3.8, 4) is 5.69 Å². The van der Waals surface area contributed by atoms with Crippen LogP contribution in [0.5, 0.6) is 0 Å². The average Bonchev–Trinajstić information content (AvgIpc) is 3.42. The molecule has 7 nitrogen and oxygen atoms in total. The van der Waals surface area contributed by atoms with Gasteiger partial charge in [-0.1, -0.05) is 36.2 Å². The van der Waals surface area contributed by atoms with E-state index in [0.29, 0.717) is 21.9 Å². The number of rotatable bonds is 6. The second kappa shape index (κ2) is 8.14. The van der Waals surface area contributed by atoms with Gasteiger partial charge in [-0.25, -0.2) is 4.68 Å². The van der Waals surface area contributed by atoms with Crippen molar-refractivity contribution in [2.24, 2.45) is 0 Å². The van der Waals surface area contributed by atoms with E-state index in [0.717, 1.165) is 18.5 Å². The Morgan fingerprint density at radius 1 is 1.26 bits per heavy atom. The van der Waals surface area contributed by atoms with Crippen molar-refractivity contribution < 1.29 is 4.79 Å². The molecule has 0 aliphatic heterocycles. The molecule has 2 aromatic heterocycles. The molecule has 4 rings (SSSR count). The van der Waals surface area contributed by atoms with E-state index in [2.05, 4.69) is 20.8 Å². The summed E-state index contributed by atoms with van der Waals surface area (Å²) in [5, 5.41) is 16.2. The minimum Gasteiger partial charge on any atom is -0.324 e. The van der Waals surface area contributed by atoms with Gasteiger partial charge in [-0.2, -0.15) is 0 Å². The van der Waals surface area contributed by atoms with E-state index >= 15 is 0 Å². The Kier molecular flexibility index (Phi) is 5.45. The van der Waals surface area contributed by atoms with Gasteiger partial charge in [-0.3, -0.25) is 4.79 Å². The van der Waals surface area contributed by atoms with Gasteiger partial charge < -0.3 is 9.88 Å². The molecule has 27 heavy (non-hydrogen) atoms. The Balaban J connectivity index is 1.43. The van der Waals surface area contributed by atoms with Crippen LogP contribution in [0.15, 0.2) is 47.9 Å². The van der Waals surface area contributed by atoms with E-state index in [1.807, 2.05) is 45.9 Å². The third-order valence-corrected chi connectivity index (χ3v) is 5.75. The first-order chi connectivity index (χ1) is 13.2. The summed E-state index contributed by atoms with van der Waals surface area (Å²) < 4.78 is 3.77. The normalized spacial score (nSPS) is 14.6. The fourth-order valence-electron chi connectivity index (χ4n) is 3.29. The van der Waals surface area contributed by atoms with E-state index in [-0.39, 0.29) is 11.7 Å². The Bertz CT molecular complexity index is 920. The molecule has 0 spiro atoms. The monoisotopic (exact) mass is 402 g/mol. The molecule has 3 aromatic rings. The lowest BCUT2D eigenvalue weighted by molar-refractivity contribution is -0.113. The summed E-state index contributed by atoms with van der Waals surface area (Å²) in [4.78, 5) is 12.5. The van der Waals surface area contributed by atoms with Crippen LogP contribution in [-0.2, 0) is 4.79 Å². The van der Waals surface area contributed by atoms with Crippen LogP contribution < -0.4 is 5.32 Å². The van der Waals surface area contributed by atoms with Gasteiger partial charge in [0.25, 0.3) is 0 Å². The quantitative estimate of drug-likeness (QED) is 0.631. The standard InChI is InChI=1S/C18H19ClN6OS/c19-13-7-8-15(16(11-13)24-9-3-4-10-24)20-17(26)12-27-18-21-22-23-25(18)14-5-1-2-6-14/h3-4,7-11,14H,1-2,5-6,12H2,(H,20,26). The van der Waals surface area contributed by atoms with Gasteiger partial charge in [0, 0.05) is 17.4 Å². The summed E-state index contributed by atoms with van der Waals surface area (Å²) in [6.07, 6.45) is 8.41. The van der Waals surface area contributed by atoms with Crippen LogP contribution in [0.3, 0.4) is 0 Å². The molecule has 140 valence electrons. The fourth-order valence-corrected chi connectivity index (χ4v) is 4.20. The second-order valence-electron chi connectivity index (χ2n) is 6.43. The minimum atomic E-state index is -0.114. The molecule has 1 saturated carbocycles. The van der Waals surface area contributed by atoms with Crippen molar-refractivity contribution >= 4 is 35.0 Å². The average molecular weight is 403 g/mol. The van der Waals surface area contributed by atoms with E-state index < -0.39 is 0 Å². The van der Waals surface area contributed by atoms with Crippen LogP contribution >= 0.6 is 23.4 Å². The van der Waals surface area contributed by atoms with Gasteiger partial charge in [0.1, 0.15) is 0 Å². The molecule has 0 atom stereocenters. The molecular weight excluding hydrogens is 384 g/mol. The predicted molar refractivity (Wildman–Crippen MR) is 105 cm³/mol. The molecule has 1 fully saturated rings. The summed E-state index contributed by atoms with van der Waals surface area (Å²) >= 11 is 7.48. The predicted octanol–water partition coefficient (Wildman–Crippen LogP) is 3.96. The Labute approximate surface area is 166 Å². The number of nitrogens with zero attached hydrogens (tertiary/aromatic N) is 5. The number of amides is 1. The van der Waals surface area contributed by atoms with Gasteiger partial charge in [0.2, 0.25) is 11.1 Å². The highest BCUT2D eigenvalue weighted by atomic mass is 35.5. The summed E-state index contributed by atoms with van der Waals surface area (Å²) in [7, 11) is 0. The fraction of sp³-hybridized carbons (Fsp3) is 0.333. The molecular formula is C18H19ClN6OS. The van der Waals surface area contributed by atoms with Crippen molar-refractivity contribution in [3.63, 3.8) is 0 Å². The van der Waals surface area contributed by atoms with Gasteiger partial charge >= 0.3 is 0 Å². The molecule has 1 aliphatic carbocycles. The van der Waals surface area contributed by atoms with Gasteiger partial charge in [0.15, 0.2) is 0 Å². The molecule has 0 unspecified atom stereocenters. The van der Waals surface area contributed by atoms with Crippen molar-refractivity contribution in [1.29, 1.82) is 0 Å². The zero-order valence-electron chi connectivity index (χ0n) is 14.6. The van der Waals surface area contributed by atoms with E-state index in [9.17, 15) is 4.79 Å². The van der Waals surface area contributed by atoms with Gasteiger partial charge in [0.05, 0.1) is 23.2 Å². The number of aromatic nitrogens is 5. The second-order valence-corrected chi connectivity index (χ2v) is 7.81. The molecule has 0 radical (unpaired) electrons. The van der Waals surface area contributed by atoms with Crippen molar-refractivity contribution in [2.75, 3.05) is 11.1 Å². The molecule has 1 aromatic carbocycles. The molecule has 0 bridgehead atoms. The largest absolute Gasteiger partial charge is 0.324 e. The minimum absolute atomic E-state index is 0.114. The molecule has 1 N–H and O–H groups in total. The number of tetrazole rings is 1. The van der Waals surface area contributed by atoms with E-state index in [1.165, 1.54) is 24.6 Å². The third kappa shape index (κ3) is 4.17. The highest BCUT2D eigenvalue weighted by molar-refractivity contribution is 7.99. The van der Waals surface area contributed by atoms with Gasteiger partial charge in [-0.15, -0.1) is 5.10 Å². The maximum Gasteiger partial charge on any atom is 0.234 e. The van der Waals surface area contributed by atoms with Crippen molar-refractivity contribution in [1.82, 2.24) is 24.8 Å². The highest BCUT2D eigenvalue weighted by Gasteiger charge is 2.22. The van der Waals surface area contributed by atoms with E-state index in [1.54, 1.807) is 6.07 Å². The smallest absolute Gasteiger partial charge is 0.234 e. The number of anilines is 1. The lowest BCUT2D eigenvalue weighted by atomic mass is 10.2. The van der Waals surface area contributed by atoms with Crippen LogP contribution in [0.25, 0.3) is 5.69 Å². The lowest BCUT2D eigenvalue weighted by Gasteiger charge is -2.13. The van der Waals surface area contributed by atoms with Crippen molar-refractivity contribution in [3.05, 3.63) is 47.7 Å². The van der Waals surface area contributed by atoms with Crippen LogP contribution in [-0.4, -0.2) is 36.4 Å². The Morgan fingerprint density at radius 3 is 2.81 bits per heavy atom. The number of nitrogens with one attached hydrogen (secondary N) is 1. The molecule has 0 saturated heterocycles. The summed E-state index contributed by atoms with van der Waals surface area (Å²) in [5.41, 5.74) is 1.53. The first-order valence-corrected chi connectivity index (χ1v) is 10.2. The molecule has 1 amide bonds. The van der Waals surface area contributed by atoms with Crippen molar-refractivity contribution in [2.45, 2.75) is 36.9 Å². The Morgan fingerprint density at radius 2 is 2.04 bits per heavy atom. The summed E-state index contributed by atoms with van der Waals surface area (Å²) in [5.74, 6) is 0.123. The maximum atomic E-state index is 12.5. The number of benzene rings is 1. The van der Waals surface area contributed by atoms with Gasteiger partial charge in [-0.05, 0) is 53.6 Å². The summed E-state index contributed by atoms with van der Waals surface area (Å²) in [6, 6.07) is 9.59. The van der Waals surface area contributed by atoms with Crippen LogP contribution in [0.2, 0.25) is 5.02 Å².